The number of hydrogen-bond donors (Lipinski definition) is 1. The van der Waals surface area contributed by atoms with E-state index in [1.54, 1.807) is 18.3 Å². The molecule has 0 atom stereocenters. The Labute approximate surface area is 159 Å². The lowest BCUT2D eigenvalue weighted by Crippen LogP contribution is -2.26. The second-order valence-corrected chi connectivity index (χ2v) is 6.82. The minimum absolute atomic E-state index is 0.253. The van der Waals surface area contributed by atoms with Gasteiger partial charge in [0.1, 0.15) is 22.4 Å². The van der Waals surface area contributed by atoms with Gasteiger partial charge in [0, 0.05) is 30.6 Å². The van der Waals surface area contributed by atoms with Crippen molar-refractivity contribution in [3.05, 3.63) is 76.8 Å². The molecule has 1 N–H and O–H groups in total. The van der Waals surface area contributed by atoms with Crippen LogP contribution < -0.4 is 5.32 Å². The maximum Gasteiger partial charge on any atom is 0.254 e. The highest BCUT2D eigenvalue weighted by atomic mass is 32.2. The van der Waals surface area contributed by atoms with Crippen LogP contribution in [0.2, 0.25) is 0 Å². The van der Waals surface area contributed by atoms with Crippen LogP contribution in [-0.4, -0.2) is 22.6 Å². The van der Waals surface area contributed by atoms with Gasteiger partial charge in [0.05, 0.1) is 11.3 Å². The summed E-state index contributed by atoms with van der Waals surface area (Å²) < 4.78 is 31.4. The van der Waals surface area contributed by atoms with Gasteiger partial charge < -0.3 is 9.84 Å². The van der Waals surface area contributed by atoms with Crippen molar-refractivity contribution < 1.29 is 18.1 Å². The highest BCUT2D eigenvalue weighted by Gasteiger charge is 2.13. The summed E-state index contributed by atoms with van der Waals surface area (Å²) in [6.45, 7) is 2.06. The molecule has 0 saturated heterocycles. The standard InChI is InChI=1S/C19H17F2N3O2S/c1-12-7-16(24-26-12)11-27-19-17(3-2-5-23-19)18(25)22-6-4-13-8-14(20)10-15(21)9-13/h2-3,5,7-10H,4,6,11H2,1H3,(H,22,25). The Morgan fingerprint density at radius 2 is 2.00 bits per heavy atom. The number of carbonyl (C=O) groups excluding carboxylic acids is 1. The molecule has 0 aliphatic rings. The molecular formula is C19H17F2N3O2S. The normalized spacial score (nSPS) is 10.8. The van der Waals surface area contributed by atoms with Gasteiger partial charge in [-0.2, -0.15) is 0 Å². The minimum atomic E-state index is -0.634. The van der Waals surface area contributed by atoms with Gasteiger partial charge in [0.2, 0.25) is 0 Å². The molecule has 5 nitrogen and oxygen atoms in total. The van der Waals surface area contributed by atoms with Gasteiger partial charge >= 0.3 is 0 Å². The Bertz CT molecular complexity index is 926. The summed E-state index contributed by atoms with van der Waals surface area (Å²) in [6, 6.07) is 8.51. The number of hydrogen-bond acceptors (Lipinski definition) is 5. The van der Waals surface area contributed by atoms with E-state index >= 15 is 0 Å². The molecule has 0 aliphatic heterocycles. The maximum atomic E-state index is 13.2. The summed E-state index contributed by atoms with van der Waals surface area (Å²) in [5.74, 6) is -0.315. The fourth-order valence-corrected chi connectivity index (χ4v) is 3.35. The number of benzene rings is 1. The Kier molecular flexibility index (Phi) is 6.18. The van der Waals surface area contributed by atoms with Crippen LogP contribution in [0.5, 0.6) is 0 Å². The van der Waals surface area contributed by atoms with Crippen LogP contribution in [-0.2, 0) is 12.2 Å². The number of halogens is 2. The first kappa shape index (κ1) is 19.0. The number of pyridine rings is 1. The van der Waals surface area contributed by atoms with Crippen LogP contribution in [0, 0.1) is 18.6 Å². The average molecular weight is 389 g/mol. The summed E-state index contributed by atoms with van der Waals surface area (Å²) in [5, 5.41) is 7.25. The van der Waals surface area contributed by atoms with Crippen molar-refractivity contribution in [1.82, 2.24) is 15.5 Å². The van der Waals surface area contributed by atoms with Gasteiger partial charge in [0.25, 0.3) is 5.91 Å². The van der Waals surface area contributed by atoms with E-state index in [4.69, 9.17) is 4.52 Å². The molecule has 1 aromatic carbocycles. The zero-order valence-corrected chi connectivity index (χ0v) is 15.4. The van der Waals surface area contributed by atoms with Crippen LogP contribution >= 0.6 is 11.8 Å². The van der Waals surface area contributed by atoms with E-state index in [0.717, 1.165) is 17.5 Å². The van der Waals surface area contributed by atoms with E-state index in [2.05, 4.69) is 15.5 Å². The van der Waals surface area contributed by atoms with Crippen molar-refractivity contribution in [3.8, 4) is 0 Å². The molecule has 8 heteroatoms. The lowest BCUT2D eigenvalue weighted by atomic mass is 10.1. The zero-order valence-electron chi connectivity index (χ0n) is 14.5. The third kappa shape index (κ3) is 5.37. The number of amides is 1. The van der Waals surface area contributed by atoms with Crippen LogP contribution in [0.15, 0.2) is 52.1 Å². The summed E-state index contributed by atoms with van der Waals surface area (Å²) in [7, 11) is 0. The third-order valence-electron chi connectivity index (χ3n) is 3.67. The molecule has 0 unspecified atom stereocenters. The van der Waals surface area contributed by atoms with E-state index in [0.29, 0.717) is 28.3 Å². The van der Waals surface area contributed by atoms with Crippen LogP contribution in [0.3, 0.4) is 0 Å². The Balaban J connectivity index is 1.59. The molecular weight excluding hydrogens is 372 g/mol. The van der Waals surface area contributed by atoms with Crippen molar-refractivity contribution in [3.63, 3.8) is 0 Å². The highest BCUT2D eigenvalue weighted by Crippen LogP contribution is 2.24. The van der Waals surface area contributed by atoms with Crippen molar-refractivity contribution in [2.75, 3.05) is 6.54 Å². The number of nitrogens with one attached hydrogen (secondary N) is 1. The Morgan fingerprint density at radius 3 is 2.70 bits per heavy atom. The summed E-state index contributed by atoms with van der Waals surface area (Å²) in [5.41, 5.74) is 1.69. The molecule has 27 heavy (non-hydrogen) atoms. The Hall–Kier alpha value is -2.74. The molecule has 0 aliphatic carbocycles. The molecule has 0 spiro atoms. The quantitative estimate of drug-likeness (QED) is 0.621. The van der Waals surface area contributed by atoms with E-state index in [1.165, 1.54) is 23.9 Å². The van der Waals surface area contributed by atoms with E-state index in [9.17, 15) is 13.6 Å². The van der Waals surface area contributed by atoms with Crippen molar-refractivity contribution in [2.45, 2.75) is 24.1 Å². The predicted molar refractivity (Wildman–Crippen MR) is 97.4 cm³/mol. The lowest BCUT2D eigenvalue weighted by Gasteiger charge is -2.09. The second-order valence-electron chi connectivity index (χ2n) is 5.86. The number of thioether (sulfide) groups is 1. The molecule has 0 radical (unpaired) electrons. The third-order valence-corrected chi connectivity index (χ3v) is 4.71. The highest BCUT2D eigenvalue weighted by molar-refractivity contribution is 7.98. The predicted octanol–water partition coefficient (Wildman–Crippen LogP) is 3.92. The average Bonchev–Trinajstić information content (AvgIpc) is 3.04. The van der Waals surface area contributed by atoms with Crippen molar-refractivity contribution in [1.29, 1.82) is 0 Å². The summed E-state index contributed by atoms with van der Waals surface area (Å²) in [6.07, 6.45) is 1.93. The van der Waals surface area contributed by atoms with Gasteiger partial charge in [-0.15, -0.1) is 0 Å². The monoisotopic (exact) mass is 389 g/mol. The molecule has 0 bridgehead atoms. The molecule has 0 fully saturated rings. The number of carbonyl (C=O) groups is 1. The summed E-state index contributed by atoms with van der Waals surface area (Å²) in [4.78, 5) is 16.7. The van der Waals surface area contributed by atoms with Gasteiger partial charge in [-0.1, -0.05) is 16.9 Å². The molecule has 2 heterocycles. The smallest absolute Gasteiger partial charge is 0.254 e. The number of aromatic nitrogens is 2. The maximum absolute atomic E-state index is 13.2. The topological polar surface area (TPSA) is 68.0 Å². The van der Waals surface area contributed by atoms with E-state index in [-0.39, 0.29) is 12.5 Å². The molecule has 2 aromatic heterocycles. The van der Waals surface area contributed by atoms with Crippen LogP contribution in [0.4, 0.5) is 8.78 Å². The molecule has 0 saturated carbocycles. The van der Waals surface area contributed by atoms with E-state index < -0.39 is 11.6 Å². The van der Waals surface area contributed by atoms with Gasteiger partial charge in [-0.3, -0.25) is 4.79 Å². The Morgan fingerprint density at radius 1 is 1.22 bits per heavy atom. The number of nitrogens with zero attached hydrogens (tertiary/aromatic N) is 2. The summed E-state index contributed by atoms with van der Waals surface area (Å²) >= 11 is 1.38. The minimum Gasteiger partial charge on any atom is -0.361 e. The van der Waals surface area contributed by atoms with Crippen LogP contribution in [0.1, 0.15) is 27.4 Å². The first-order chi connectivity index (χ1) is 13.0. The van der Waals surface area contributed by atoms with Gasteiger partial charge in [-0.25, -0.2) is 13.8 Å². The van der Waals surface area contributed by atoms with E-state index in [1.807, 2.05) is 13.0 Å². The molecule has 3 aromatic rings. The largest absolute Gasteiger partial charge is 0.361 e. The first-order valence-electron chi connectivity index (χ1n) is 8.24. The molecule has 1 amide bonds. The first-order valence-corrected chi connectivity index (χ1v) is 9.23. The zero-order chi connectivity index (χ0) is 19.2. The second kappa shape index (κ2) is 8.77. The molecule has 3 rings (SSSR count). The van der Waals surface area contributed by atoms with Gasteiger partial charge in [-0.05, 0) is 43.2 Å². The number of aryl methyl sites for hydroxylation is 1. The SMILES string of the molecule is Cc1cc(CSc2ncccc2C(=O)NCCc2cc(F)cc(F)c2)no1. The van der Waals surface area contributed by atoms with Crippen LogP contribution in [0.25, 0.3) is 0 Å². The lowest BCUT2D eigenvalue weighted by molar-refractivity contribution is 0.0950. The fraction of sp³-hybridized carbons (Fsp3) is 0.211. The molecule has 140 valence electrons. The van der Waals surface area contributed by atoms with Crippen molar-refractivity contribution in [2.24, 2.45) is 0 Å². The van der Waals surface area contributed by atoms with Crippen molar-refractivity contribution >= 4 is 17.7 Å². The fourth-order valence-electron chi connectivity index (χ4n) is 2.48. The number of rotatable bonds is 7. The van der Waals surface area contributed by atoms with Gasteiger partial charge in [0.15, 0.2) is 0 Å².